The van der Waals surface area contributed by atoms with Crippen LogP contribution in [-0.2, 0) is 24.2 Å². The number of fused-ring (bicyclic) bond motifs is 1. The van der Waals surface area contributed by atoms with Crippen LogP contribution in [0, 0.1) is 5.92 Å². The van der Waals surface area contributed by atoms with E-state index in [2.05, 4.69) is 26.6 Å². The second-order valence-corrected chi connectivity index (χ2v) is 8.15. The van der Waals surface area contributed by atoms with Gasteiger partial charge < -0.3 is 14.2 Å². The van der Waals surface area contributed by atoms with Gasteiger partial charge in [-0.05, 0) is 62.3 Å². The summed E-state index contributed by atoms with van der Waals surface area (Å²) >= 11 is 0. The first-order valence-corrected chi connectivity index (χ1v) is 10.3. The minimum absolute atomic E-state index is 0.330. The Balaban J connectivity index is 1.42. The number of hydrogen-bond acceptors (Lipinski definition) is 3. The molecule has 5 rings (SSSR count). The molecule has 3 aliphatic rings. The van der Waals surface area contributed by atoms with Crippen LogP contribution in [0.1, 0.15) is 43.7 Å². The largest absolute Gasteiger partial charge is 0.493 e. The topological polar surface area (TPSA) is 47.4 Å². The van der Waals surface area contributed by atoms with E-state index in [-0.39, 0.29) is 0 Å². The second kappa shape index (κ2) is 6.70. The Kier molecular flexibility index (Phi) is 4.18. The normalized spacial score (nSPS) is 21.7. The number of carbonyl (C=O) groups excluding carboxylic acids is 1. The molecule has 0 radical (unpaired) electrons. The molecule has 0 spiro atoms. The maximum absolute atomic E-state index is 12.3. The molecule has 1 aromatic heterocycles. The van der Waals surface area contributed by atoms with Crippen molar-refractivity contribution in [2.75, 3.05) is 13.2 Å². The lowest BCUT2D eigenvalue weighted by Crippen LogP contribution is -2.27. The summed E-state index contributed by atoms with van der Waals surface area (Å²) < 4.78 is 8.19. The summed E-state index contributed by atoms with van der Waals surface area (Å²) in [6.45, 7) is 4.41. The minimum Gasteiger partial charge on any atom is -0.493 e. The van der Waals surface area contributed by atoms with Gasteiger partial charge in [0.25, 0.3) is 0 Å². The average Bonchev–Trinajstić information content (AvgIpc) is 3.05. The summed E-state index contributed by atoms with van der Waals surface area (Å²) in [6.07, 6.45) is 10.4. The van der Waals surface area contributed by atoms with Crippen LogP contribution in [0.2, 0.25) is 0 Å². The Hall–Kier alpha value is -2.30. The van der Waals surface area contributed by atoms with Crippen molar-refractivity contribution in [2.45, 2.75) is 58.0 Å². The van der Waals surface area contributed by atoms with Crippen LogP contribution in [-0.4, -0.2) is 39.6 Å². The van der Waals surface area contributed by atoms with Crippen molar-refractivity contribution in [1.29, 1.82) is 0 Å². The molecule has 0 bridgehead atoms. The van der Waals surface area contributed by atoms with Crippen molar-refractivity contribution >= 4 is 5.91 Å². The predicted octanol–water partition coefficient (Wildman–Crippen LogP) is 3.45. The lowest BCUT2D eigenvalue weighted by Gasteiger charge is -2.18. The van der Waals surface area contributed by atoms with Crippen molar-refractivity contribution in [3.05, 3.63) is 35.7 Å². The summed E-state index contributed by atoms with van der Waals surface area (Å²) in [6, 6.07) is 5.02. The number of carbonyl (C=O) groups is 1. The Bertz CT molecular complexity index is 868. The molecule has 1 aliphatic heterocycles. The summed E-state index contributed by atoms with van der Waals surface area (Å²) in [5.74, 6) is 2.60. The number of amides is 1. The monoisotopic (exact) mass is 365 g/mol. The van der Waals surface area contributed by atoms with Crippen molar-refractivity contribution in [2.24, 2.45) is 5.92 Å². The lowest BCUT2D eigenvalue weighted by atomic mass is 10.0. The molecule has 1 amide bonds. The zero-order valence-electron chi connectivity index (χ0n) is 16.0. The number of ether oxygens (including phenoxy) is 1. The van der Waals surface area contributed by atoms with Gasteiger partial charge in [-0.2, -0.15) is 0 Å². The fourth-order valence-electron chi connectivity index (χ4n) is 4.70. The number of benzene rings is 1. The van der Waals surface area contributed by atoms with Gasteiger partial charge in [0.15, 0.2) is 0 Å². The fraction of sp³-hybridized carbons (Fsp3) is 0.545. The first kappa shape index (κ1) is 16.8. The van der Waals surface area contributed by atoms with E-state index in [1.54, 1.807) is 0 Å². The molecule has 2 aromatic rings. The van der Waals surface area contributed by atoms with Gasteiger partial charge in [-0.15, -0.1) is 0 Å². The van der Waals surface area contributed by atoms with E-state index < -0.39 is 0 Å². The highest BCUT2D eigenvalue weighted by atomic mass is 16.5. The zero-order chi connectivity index (χ0) is 18.4. The number of aryl methyl sites for hydroxylation is 2. The van der Waals surface area contributed by atoms with E-state index in [1.807, 2.05) is 19.3 Å². The van der Waals surface area contributed by atoms with Crippen LogP contribution >= 0.6 is 0 Å². The quantitative estimate of drug-likeness (QED) is 0.788. The van der Waals surface area contributed by atoms with Crippen molar-refractivity contribution in [1.82, 2.24) is 14.5 Å². The van der Waals surface area contributed by atoms with Crippen LogP contribution in [0.25, 0.3) is 11.4 Å². The van der Waals surface area contributed by atoms with Gasteiger partial charge in [0, 0.05) is 43.9 Å². The second-order valence-electron chi connectivity index (χ2n) is 8.15. The summed E-state index contributed by atoms with van der Waals surface area (Å²) in [7, 11) is 0. The molecule has 2 fully saturated rings. The van der Waals surface area contributed by atoms with Crippen LogP contribution < -0.4 is 4.74 Å². The molecule has 1 saturated heterocycles. The van der Waals surface area contributed by atoms with Crippen LogP contribution in [0.5, 0.6) is 5.75 Å². The molecule has 1 atom stereocenters. The van der Waals surface area contributed by atoms with E-state index in [9.17, 15) is 4.79 Å². The molecule has 27 heavy (non-hydrogen) atoms. The Labute approximate surface area is 160 Å². The summed E-state index contributed by atoms with van der Waals surface area (Å²) in [4.78, 5) is 19.1. The van der Waals surface area contributed by atoms with Crippen LogP contribution in [0.3, 0.4) is 0 Å². The number of hydrogen-bond donors (Lipinski definition) is 0. The molecule has 2 heterocycles. The highest BCUT2D eigenvalue weighted by molar-refractivity contribution is 5.79. The van der Waals surface area contributed by atoms with Gasteiger partial charge in [0.1, 0.15) is 11.6 Å². The minimum atomic E-state index is 0.330. The first-order chi connectivity index (χ1) is 13.2. The number of rotatable bonds is 6. The molecule has 0 N–H and O–H groups in total. The van der Waals surface area contributed by atoms with E-state index >= 15 is 0 Å². The van der Waals surface area contributed by atoms with Crippen molar-refractivity contribution in [3.8, 4) is 17.1 Å². The molecule has 1 aromatic carbocycles. The molecule has 2 aliphatic carbocycles. The molecule has 5 nitrogen and oxygen atoms in total. The van der Waals surface area contributed by atoms with Gasteiger partial charge in [0.05, 0.1) is 12.2 Å². The number of aromatic nitrogens is 2. The van der Waals surface area contributed by atoms with E-state index in [1.165, 1.54) is 30.4 Å². The molecular formula is C22H27N3O2. The summed E-state index contributed by atoms with van der Waals surface area (Å²) in [5.41, 5.74) is 3.94. The SMILES string of the molecule is CCOc1cc2c(cc1-c1nccn1CC1CC(=O)N(C3CC3)C1)CCC2. The number of nitrogens with zero attached hydrogens (tertiary/aromatic N) is 3. The molecular weight excluding hydrogens is 338 g/mol. The van der Waals surface area contributed by atoms with E-state index in [4.69, 9.17) is 4.74 Å². The lowest BCUT2D eigenvalue weighted by molar-refractivity contribution is -0.128. The predicted molar refractivity (Wildman–Crippen MR) is 104 cm³/mol. The van der Waals surface area contributed by atoms with Crippen molar-refractivity contribution < 1.29 is 9.53 Å². The molecule has 5 heteroatoms. The Morgan fingerprint density at radius 2 is 2.04 bits per heavy atom. The van der Waals surface area contributed by atoms with Gasteiger partial charge >= 0.3 is 0 Å². The van der Waals surface area contributed by atoms with Gasteiger partial charge in [0.2, 0.25) is 5.91 Å². The Morgan fingerprint density at radius 3 is 2.81 bits per heavy atom. The zero-order valence-corrected chi connectivity index (χ0v) is 16.0. The third-order valence-electron chi connectivity index (χ3n) is 6.13. The van der Waals surface area contributed by atoms with Crippen LogP contribution in [0.4, 0.5) is 0 Å². The molecule has 142 valence electrons. The van der Waals surface area contributed by atoms with Crippen molar-refractivity contribution in [3.63, 3.8) is 0 Å². The van der Waals surface area contributed by atoms with Gasteiger partial charge in [-0.1, -0.05) is 0 Å². The fourth-order valence-corrected chi connectivity index (χ4v) is 4.70. The Morgan fingerprint density at radius 1 is 1.22 bits per heavy atom. The average molecular weight is 365 g/mol. The highest BCUT2D eigenvalue weighted by Crippen LogP contribution is 2.37. The third-order valence-corrected chi connectivity index (χ3v) is 6.13. The standard InChI is InChI=1S/C22H27N3O2/c1-2-27-20-12-17-5-3-4-16(17)11-19(20)22-23-8-9-24(22)13-15-10-21(26)25(14-15)18-6-7-18/h8-9,11-12,15,18H,2-7,10,13-14H2,1H3. The maximum Gasteiger partial charge on any atom is 0.223 e. The van der Waals surface area contributed by atoms with E-state index in [0.717, 1.165) is 43.1 Å². The third kappa shape index (κ3) is 3.13. The van der Waals surface area contributed by atoms with Gasteiger partial charge in [-0.3, -0.25) is 4.79 Å². The number of likely N-dealkylation sites (tertiary alicyclic amines) is 1. The number of imidazole rings is 1. The van der Waals surface area contributed by atoms with E-state index in [0.29, 0.717) is 30.9 Å². The first-order valence-electron chi connectivity index (χ1n) is 10.3. The van der Waals surface area contributed by atoms with Crippen LogP contribution in [0.15, 0.2) is 24.5 Å². The smallest absolute Gasteiger partial charge is 0.223 e. The summed E-state index contributed by atoms with van der Waals surface area (Å²) in [5, 5.41) is 0. The molecule has 1 unspecified atom stereocenters. The highest BCUT2D eigenvalue weighted by Gasteiger charge is 2.39. The molecule has 1 saturated carbocycles. The van der Waals surface area contributed by atoms with Gasteiger partial charge in [-0.25, -0.2) is 4.98 Å². The maximum atomic E-state index is 12.3.